The van der Waals surface area contributed by atoms with Crippen molar-refractivity contribution < 1.29 is 4.79 Å². The van der Waals surface area contributed by atoms with Gasteiger partial charge in [-0.3, -0.25) is 14.2 Å². The van der Waals surface area contributed by atoms with Crippen LogP contribution < -0.4 is 5.56 Å². The summed E-state index contributed by atoms with van der Waals surface area (Å²) in [6.45, 7) is 6.56. The summed E-state index contributed by atoms with van der Waals surface area (Å²) >= 11 is 2.87. The molecule has 3 rings (SSSR count). The summed E-state index contributed by atoms with van der Waals surface area (Å²) in [4.78, 5) is 34.5. The van der Waals surface area contributed by atoms with Gasteiger partial charge in [-0.15, -0.1) is 11.3 Å². The van der Waals surface area contributed by atoms with Crippen molar-refractivity contribution in [1.82, 2.24) is 14.5 Å². The maximum absolute atomic E-state index is 12.9. The zero-order valence-electron chi connectivity index (χ0n) is 13.9. The first kappa shape index (κ1) is 17.0. The van der Waals surface area contributed by atoms with Crippen LogP contribution in [0.15, 0.2) is 28.3 Å². The molecule has 0 aromatic carbocycles. The number of hydrogen-bond donors (Lipinski definition) is 1. The Balaban J connectivity index is 1.99. The third-order valence-corrected chi connectivity index (χ3v) is 6.00. The highest BCUT2D eigenvalue weighted by atomic mass is 32.2. The molecule has 0 saturated carbocycles. The minimum Gasteiger partial charge on any atom is -0.359 e. The molecule has 0 spiro atoms. The number of carbonyl (C=O) groups is 1. The number of H-pyrrole nitrogens is 1. The molecule has 0 amide bonds. The average Bonchev–Trinajstić information content (AvgIpc) is 3.19. The van der Waals surface area contributed by atoms with Gasteiger partial charge in [-0.25, -0.2) is 4.98 Å². The molecule has 7 heteroatoms. The normalized spacial score (nSPS) is 11.3. The Labute approximate surface area is 148 Å². The zero-order chi connectivity index (χ0) is 17.3. The van der Waals surface area contributed by atoms with E-state index in [0.717, 1.165) is 27.1 Å². The van der Waals surface area contributed by atoms with Crippen LogP contribution in [0, 0.1) is 6.92 Å². The van der Waals surface area contributed by atoms with E-state index in [1.807, 2.05) is 13.8 Å². The topological polar surface area (TPSA) is 67.8 Å². The molecule has 0 aliphatic rings. The van der Waals surface area contributed by atoms with Crippen molar-refractivity contribution in [2.75, 3.05) is 5.75 Å². The highest BCUT2D eigenvalue weighted by Gasteiger charge is 2.18. The minimum atomic E-state index is -0.00137. The van der Waals surface area contributed by atoms with Crippen molar-refractivity contribution in [3.8, 4) is 0 Å². The number of nitrogens with zero attached hydrogens (tertiary/aromatic N) is 2. The molecule has 0 radical (unpaired) electrons. The second-order valence-electron chi connectivity index (χ2n) is 5.41. The highest BCUT2D eigenvalue weighted by molar-refractivity contribution is 7.99. The first-order chi connectivity index (χ1) is 11.6. The number of Topliss-reactive ketones (excluding diaryl/α,β-unsaturated/α-hetero) is 1. The van der Waals surface area contributed by atoms with Gasteiger partial charge in [-0.1, -0.05) is 18.7 Å². The first-order valence-electron chi connectivity index (χ1n) is 7.89. The molecule has 3 heterocycles. The predicted molar refractivity (Wildman–Crippen MR) is 99.5 cm³/mol. The molecule has 126 valence electrons. The molecular formula is C17H19N3O2S2. The number of nitrogens with one attached hydrogen (secondary N) is 1. The molecule has 0 aliphatic heterocycles. The van der Waals surface area contributed by atoms with Gasteiger partial charge in [0.25, 0.3) is 5.56 Å². The smallest absolute Gasteiger partial charge is 0.263 e. The first-order valence-corrected chi connectivity index (χ1v) is 9.69. The van der Waals surface area contributed by atoms with Crippen molar-refractivity contribution in [1.29, 1.82) is 0 Å². The molecule has 0 atom stereocenters. The van der Waals surface area contributed by atoms with Crippen molar-refractivity contribution >= 4 is 39.1 Å². The van der Waals surface area contributed by atoms with Crippen LogP contribution in [-0.2, 0) is 13.0 Å². The van der Waals surface area contributed by atoms with Gasteiger partial charge < -0.3 is 4.98 Å². The summed E-state index contributed by atoms with van der Waals surface area (Å²) < 4.78 is 1.67. The Hall–Kier alpha value is -1.86. The van der Waals surface area contributed by atoms with Crippen molar-refractivity contribution in [3.05, 3.63) is 44.8 Å². The second-order valence-corrected chi connectivity index (χ2v) is 7.56. The largest absolute Gasteiger partial charge is 0.359 e. The lowest BCUT2D eigenvalue weighted by atomic mass is 10.1. The van der Waals surface area contributed by atoms with E-state index in [1.54, 1.807) is 34.2 Å². The lowest BCUT2D eigenvalue weighted by Gasteiger charge is -2.09. The van der Waals surface area contributed by atoms with Gasteiger partial charge >= 0.3 is 0 Å². The molecule has 0 saturated heterocycles. The van der Waals surface area contributed by atoms with E-state index in [1.165, 1.54) is 11.8 Å². The Kier molecular flexibility index (Phi) is 4.91. The van der Waals surface area contributed by atoms with E-state index >= 15 is 0 Å². The zero-order valence-corrected chi connectivity index (χ0v) is 15.5. The number of aryl methyl sites for hydroxylation is 2. The second kappa shape index (κ2) is 6.94. The maximum Gasteiger partial charge on any atom is 0.263 e. The summed E-state index contributed by atoms with van der Waals surface area (Å²) in [6, 6.07) is 3.55. The van der Waals surface area contributed by atoms with Crippen LogP contribution in [0.1, 0.15) is 34.8 Å². The number of rotatable bonds is 6. The molecule has 24 heavy (non-hydrogen) atoms. The fourth-order valence-corrected chi connectivity index (χ4v) is 4.86. The Morgan fingerprint density at radius 3 is 2.83 bits per heavy atom. The number of hydrogen-bond acceptors (Lipinski definition) is 5. The van der Waals surface area contributed by atoms with E-state index in [9.17, 15) is 9.59 Å². The SMILES string of the molecule is CCc1c(C)sc2nc(SCC(=O)c3ccc[nH]3)n(CC)c(=O)c12. The van der Waals surface area contributed by atoms with E-state index in [4.69, 9.17) is 0 Å². The third kappa shape index (κ3) is 2.93. The standard InChI is InChI=1S/C17H19N3O2S2/c1-4-11-10(3)24-15-14(11)16(22)20(5-2)17(19-15)23-9-13(21)12-7-6-8-18-12/h6-8,18H,4-5,9H2,1-3H3. The van der Waals surface area contributed by atoms with Crippen LogP contribution in [-0.4, -0.2) is 26.1 Å². The Morgan fingerprint density at radius 1 is 1.42 bits per heavy atom. The fourth-order valence-electron chi connectivity index (χ4n) is 2.76. The predicted octanol–water partition coefficient (Wildman–Crippen LogP) is 3.65. The van der Waals surface area contributed by atoms with Gasteiger partial charge in [-0.2, -0.15) is 0 Å². The fraction of sp³-hybridized carbons (Fsp3) is 0.353. The van der Waals surface area contributed by atoms with E-state index in [2.05, 4.69) is 16.9 Å². The molecule has 3 aromatic rings. The molecule has 0 aliphatic carbocycles. The quantitative estimate of drug-likeness (QED) is 0.413. The van der Waals surface area contributed by atoms with Crippen molar-refractivity contribution in [2.24, 2.45) is 0 Å². The lowest BCUT2D eigenvalue weighted by molar-refractivity contribution is 0.101. The van der Waals surface area contributed by atoms with E-state index < -0.39 is 0 Å². The van der Waals surface area contributed by atoms with Gasteiger partial charge in [0.15, 0.2) is 10.9 Å². The monoisotopic (exact) mass is 361 g/mol. The molecule has 5 nitrogen and oxygen atoms in total. The maximum atomic E-state index is 12.9. The van der Waals surface area contributed by atoms with E-state index in [-0.39, 0.29) is 17.1 Å². The minimum absolute atomic E-state index is 0.00129. The number of ketones is 1. The van der Waals surface area contributed by atoms with Crippen molar-refractivity contribution in [2.45, 2.75) is 38.9 Å². The Morgan fingerprint density at radius 2 is 2.21 bits per heavy atom. The summed E-state index contributed by atoms with van der Waals surface area (Å²) in [5.74, 6) is 0.252. The molecule has 0 fully saturated rings. The summed E-state index contributed by atoms with van der Waals surface area (Å²) in [5, 5.41) is 1.35. The van der Waals surface area contributed by atoms with Gasteiger partial charge in [0, 0.05) is 17.6 Å². The van der Waals surface area contributed by atoms with Crippen molar-refractivity contribution in [3.63, 3.8) is 0 Å². The van der Waals surface area contributed by atoms with Crippen LogP contribution in [0.3, 0.4) is 0 Å². The average molecular weight is 361 g/mol. The van der Waals surface area contributed by atoms with Gasteiger partial charge in [-0.05, 0) is 38.0 Å². The van der Waals surface area contributed by atoms with E-state index in [0.29, 0.717) is 17.4 Å². The summed E-state index contributed by atoms with van der Waals surface area (Å²) in [5.41, 5.74) is 1.67. The Bertz CT molecular complexity index is 939. The number of aromatic nitrogens is 3. The third-order valence-electron chi connectivity index (χ3n) is 3.98. The summed E-state index contributed by atoms with van der Waals surface area (Å²) in [6.07, 6.45) is 2.55. The van der Waals surface area contributed by atoms with Crippen LogP contribution in [0.2, 0.25) is 0 Å². The molecule has 0 unspecified atom stereocenters. The number of thioether (sulfide) groups is 1. The van der Waals surface area contributed by atoms with Gasteiger partial charge in [0.1, 0.15) is 4.83 Å². The number of aromatic amines is 1. The molecule has 1 N–H and O–H groups in total. The number of carbonyl (C=O) groups excluding carboxylic acids is 1. The van der Waals surface area contributed by atoms with Crippen LogP contribution in [0.5, 0.6) is 0 Å². The van der Waals surface area contributed by atoms with Crippen LogP contribution in [0.4, 0.5) is 0 Å². The molecule has 3 aromatic heterocycles. The summed E-state index contributed by atoms with van der Waals surface area (Å²) in [7, 11) is 0. The number of thiophene rings is 1. The molecule has 0 bridgehead atoms. The number of fused-ring (bicyclic) bond motifs is 1. The highest BCUT2D eigenvalue weighted by Crippen LogP contribution is 2.29. The lowest BCUT2D eigenvalue weighted by Crippen LogP contribution is -2.23. The van der Waals surface area contributed by atoms with Gasteiger partial charge in [0.2, 0.25) is 0 Å². The molecular weight excluding hydrogens is 342 g/mol. The van der Waals surface area contributed by atoms with Crippen LogP contribution in [0.25, 0.3) is 10.2 Å². The van der Waals surface area contributed by atoms with Gasteiger partial charge in [0.05, 0.1) is 16.8 Å². The van der Waals surface area contributed by atoms with Crippen LogP contribution >= 0.6 is 23.1 Å².